The molecule has 0 spiro atoms. The molecule has 0 radical (unpaired) electrons. The van der Waals surface area contributed by atoms with Crippen molar-refractivity contribution in [1.29, 1.82) is 0 Å². The standard InChI is InChI=1S/C57H48N3OP/c1-62(2,61)53-37-36-50(51-22-12-13-23-52(51)53)42-28-32-46(33-29-42)57(38-14-5-15-39-57)47-34-30-45(31-35-47)56-59-54(43-18-8-4-9-19-43)58-55(60-56)44-26-24-41(25-27-44)49-21-11-10-20-48(49)40-16-6-3-7-17-40/h3-4,6-13,16-37H,5,14-15,38-39H2,1-2H3. The highest BCUT2D eigenvalue weighted by Gasteiger charge is 2.36. The molecule has 0 saturated heterocycles. The van der Waals surface area contributed by atoms with E-state index in [1.165, 1.54) is 58.2 Å². The van der Waals surface area contributed by atoms with Crippen molar-refractivity contribution in [1.82, 2.24) is 15.0 Å². The molecule has 1 saturated carbocycles. The Bertz CT molecular complexity index is 3060. The summed E-state index contributed by atoms with van der Waals surface area (Å²) in [5.41, 5.74) is 12.5. The van der Waals surface area contributed by atoms with Crippen LogP contribution < -0.4 is 5.30 Å². The number of rotatable bonds is 9. The predicted octanol–water partition coefficient (Wildman–Crippen LogP) is 14.5. The summed E-state index contributed by atoms with van der Waals surface area (Å²) in [6, 6.07) is 68.7. The van der Waals surface area contributed by atoms with Crippen molar-refractivity contribution in [3.8, 4) is 67.5 Å². The van der Waals surface area contributed by atoms with Crippen LogP contribution in [0.4, 0.5) is 0 Å². The van der Waals surface area contributed by atoms with Crippen molar-refractivity contribution >= 4 is 23.2 Å². The first-order chi connectivity index (χ1) is 30.3. The lowest BCUT2D eigenvalue weighted by molar-refractivity contribution is 0.346. The van der Waals surface area contributed by atoms with E-state index in [4.69, 9.17) is 15.0 Å². The average Bonchev–Trinajstić information content (AvgIpc) is 3.34. The van der Waals surface area contributed by atoms with Crippen LogP contribution in [0.2, 0.25) is 0 Å². The third kappa shape index (κ3) is 7.61. The summed E-state index contributed by atoms with van der Waals surface area (Å²) in [6.07, 6.45) is 5.84. The summed E-state index contributed by atoms with van der Waals surface area (Å²) >= 11 is 0. The zero-order chi connectivity index (χ0) is 42.1. The minimum absolute atomic E-state index is 0.0847. The van der Waals surface area contributed by atoms with Crippen molar-refractivity contribution < 1.29 is 4.57 Å². The van der Waals surface area contributed by atoms with Crippen molar-refractivity contribution in [2.24, 2.45) is 0 Å². The summed E-state index contributed by atoms with van der Waals surface area (Å²) in [5, 5.41) is 3.16. The van der Waals surface area contributed by atoms with Crippen molar-refractivity contribution in [3.63, 3.8) is 0 Å². The van der Waals surface area contributed by atoms with E-state index >= 15 is 0 Å². The molecule has 1 fully saturated rings. The molecule has 4 nitrogen and oxygen atoms in total. The number of nitrogens with zero attached hydrogens (tertiary/aromatic N) is 3. The van der Waals surface area contributed by atoms with Gasteiger partial charge in [0, 0.05) is 27.4 Å². The maximum Gasteiger partial charge on any atom is 0.164 e. The molecule has 1 aliphatic rings. The Morgan fingerprint density at radius 3 is 1.29 bits per heavy atom. The number of aromatic nitrogens is 3. The predicted molar refractivity (Wildman–Crippen MR) is 259 cm³/mol. The van der Waals surface area contributed by atoms with Gasteiger partial charge in [0.25, 0.3) is 0 Å². The second-order valence-electron chi connectivity index (χ2n) is 17.0. The molecule has 5 heteroatoms. The zero-order valence-corrected chi connectivity index (χ0v) is 36.1. The van der Waals surface area contributed by atoms with Gasteiger partial charge in [-0.15, -0.1) is 0 Å². The normalized spacial score (nSPS) is 13.8. The molecule has 62 heavy (non-hydrogen) atoms. The first-order valence-corrected chi connectivity index (χ1v) is 24.3. The fourth-order valence-corrected chi connectivity index (χ4v) is 10.8. The molecular formula is C57H48N3OP. The van der Waals surface area contributed by atoms with Crippen molar-refractivity contribution in [3.05, 3.63) is 205 Å². The second kappa shape index (κ2) is 16.6. The summed E-state index contributed by atoms with van der Waals surface area (Å²) in [6.45, 7) is 3.71. The highest BCUT2D eigenvalue weighted by Crippen LogP contribution is 2.46. The molecule has 10 rings (SSSR count). The maximum atomic E-state index is 13.2. The van der Waals surface area contributed by atoms with Gasteiger partial charge in [-0.25, -0.2) is 15.0 Å². The minimum atomic E-state index is -2.43. The van der Waals surface area contributed by atoms with Gasteiger partial charge in [-0.1, -0.05) is 213 Å². The van der Waals surface area contributed by atoms with E-state index in [1.807, 2.05) is 37.6 Å². The van der Waals surface area contributed by atoms with Gasteiger partial charge in [0.15, 0.2) is 17.5 Å². The van der Waals surface area contributed by atoms with E-state index in [2.05, 4.69) is 170 Å². The second-order valence-corrected chi connectivity index (χ2v) is 20.2. The quantitative estimate of drug-likeness (QED) is 0.136. The molecule has 0 aliphatic heterocycles. The van der Waals surface area contributed by atoms with Gasteiger partial charge in [-0.3, -0.25) is 0 Å². The summed E-state index contributed by atoms with van der Waals surface area (Å²) < 4.78 is 13.2. The van der Waals surface area contributed by atoms with Crippen LogP contribution >= 0.6 is 7.14 Å². The lowest BCUT2D eigenvalue weighted by Gasteiger charge is -2.39. The Kier molecular flexibility index (Phi) is 10.6. The van der Waals surface area contributed by atoms with E-state index in [-0.39, 0.29) is 5.41 Å². The van der Waals surface area contributed by atoms with Gasteiger partial charge < -0.3 is 4.57 Å². The summed E-state index contributed by atoms with van der Waals surface area (Å²) in [7, 11) is -2.43. The van der Waals surface area contributed by atoms with E-state index in [9.17, 15) is 4.57 Å². The van der Waals surface area contributed by atoms with Crippen LogP contribution in [0, 0.1) is 0 Å². The molecule has 8 aromatic carbocycles. The van der Waals surface area contributed by atoms with Gasteiger partial charge in [-0.2, -0.15) is 0 Å². The van der Waals surface area contributed by atoms with Gasteiger partial charge in [0.2, 0.25) is 0 Å². The smallest absolute Gasteiger partial charge is 0.164 e. The van der Waals surface area contributed by atoms with E-state index in [1.54, 1.807) is 0 Å². The third-order valence-electron chi connectivity index (χ3n) is 12.8. The lowest BCUT2D eigenvalue weighted by atomic mass is 9.65. The van der Waals surface area contributed by atoms with E-state index < -0.39 is 7.14 Å². The van der Waals surface area contributed by atoms with Crippen LogP contribution in [-0.2, 0) is 9.98 Å². The van der Waals surface area contributed by atoms with Crippen LogP contribution in [0.3, 0.4) is 0 Å². The molecular weight excluding hydrogens is 774 g/mol. The Morgan fingerprint density at radius 2 is 0.758 bits per heavy atom. The van der Waals surface area contributed by atoms with Gasteiger partial charge >= 0.3 is 0 Å². The zero-order valence-electron chi connectivity index (χ0n) is 35.2. The molecule has 1 aromatic heterocycles. The maximum absolute atomic E-state index is 13.2. The topological polar surface area (TPSA) is 55.7 Å². The molecule has 9 aromatic rings. The van der Waals surface area contributed by atoms with E-state index in [0.29, 0.717) is 17.5 Å². The molecule has 0 atom stereocenters. The number of benzene rings is 8. The minimum Gasteiger partial charge on any atom is -0.319 e. The largest absolute Gasteiger partial charge is 0.319 e. The Hall–Kier alpha value is -6.74. The van der Waals surface area contributed by atoms with Crippen LogP contribution in [0.1, 0.15) is 43.2 Å². The Balaban J connectivity index is 0.987. The molecule has 0 N–H and O–H groups in total. The van der Waals surface area contributed by atoms with Crippen LogP contribution in [0.5, 0.6) is 0 Å². The molecule has 0 amide bonds. The third-order valence-corrected chi connectivity index (χ3v) is 14.3. The number of hydrogen-bond acceptors (Lipinski definition) is 4. The summed E-state index contributed by atoms with van der Waals surface area (Å²) in [5.74, 6) is 1.95. The Labute approximate surface area is 364 Å². The van der Waals surface area contributed by atoms with Gasteiger partial charge in [0.1, 0.15) is 7.14 Å². The first-order valence-electron chi connectivity index (χ1n) is 21.7. The first kappa shape index (κ1) is 39.4. The van der Waals surface area contributed by atoms with Crippen molar-refractivity contribution in [2.45, 2.75) is 37.5 Å². The molecule has 0 unspecified atom stereocenters. The van der Waals surface area contributed by atoms with Crippen LogP contribution in [-0.4, -0.2) is 28.3 Å². The molecule has 1 aliphatic carbocycles. The fourth-order valence-electron chi connectivity index (χ4n) is 9.56. The SMILES string of the molecule is CP(C)(=O)c1ccc(-c2ccc(C3(c4ccc(-c5nc(-c6ccccc6)nc(-c6ccc(-c7ccccc7-c7ccccc7)cc6)n5)cc4)CCCCC3)cc2)c2ccccc12. The van der Waals surface area contributed by atoms with Gasteiger partial charge in [0.05, 0.1) is 0 Å². The highest BCUT2D eigenvalue weighted by molar-refractivity contribution is 7.70. The Morgan fingerprint density at radius 1 is 0.371 bits per heavy atom. The lowest BCUT2D eigenvalue weighted by Crippen LogP contribution is -2.30. The molecule has 0 bridgehead atoms. The molecule has 302 valence electrons. The van der Waals surface area contributed by atoms with Gasteiger partial charge in [-0.05, 0) is 81.5 Å². The van der Waals surface area contributed by atoms with Crippen LogP contribution in [0.15, 0.2) is 194 Å². The number of fused-ring (bicyclic) bond motifs is 1. The molecule has 1 heterocycles. The van der Waals surface area contributed by atoms with E-state index in [0.717, 1.165) is 51.2 Å². The van der Waals surface area contributed by atoms with Crippen LogP contribution in [0.25, 0.3) is 78.3 Å². The monoisotopic (exact) mass is 821 g/mol. The fraction of sp³-hybridized carbons (Fsp3) is 0.140. The summed E-state index contributed by atoms with van der Waals surface area (Å²) in [4.78, 5) is 15.2. The average molecular weight is 822 g/mol. The highest BCUT2D eigenvalue weighted by atomic mass is 31.2. The van der Waals surface area contributed by atoms with Crippen molar-refractivity contribution in [2.75, 3.05) is 13.3 Å². The number of hydrogen-bond donors (Lipinski definition) is 0.